The van der Waals surface area contributed by atoms with Crippen LogP contribution in [0.1, 0.15) is 10.4 Å². The molecule has 1 aromatic carbocycles. The van der Waals surface area contributed by atoms with Gasteiger partial charge in [-0.3, -0.25) is 5.10 Å². The van der Waals surface area contributed by atoms with E-state index in [-0.39, 0.29) is 17.5 Å². The van der Waals surface area contributed by atoms with Crippen LogP contribution in [0.4, 0.5) is 5.69 Å². The Balaban J connectivity index is 2.56. The van der Waals surface area contributed by atoms with Crippen LogP contribution in [0.25, 0.3) is 10.9 Å². The lowest BCUT2D eigenvalue weighted by Crippen LogP contribution is -2.26. The first-order valence-electron chi connectivity index (χ1n) is 5.11. The molecule has 0 unspecified atom stereocenters. The van der Waals surface area contributed by atoms with Gasteiger partial charge in [-0.15, -0.1) is 0 Å². The SMILES string of the molecule is NC(N)=NC(N)=Nc1cc(C(=O)O)c2[nH]ncc2c1. The molecule has 1 heterocycles. The number of aromatic carboxylic acids is 1. The van der Waals surface area contributed by atoms with Gasteiger partial charge in [-0.1, -0.05) is 0 Å². The second kappa shape index (κ2) is 4.64. The van der Waals surface area contributed by atoms with E-state index in [0.29, 0.717) is 16.6 Å². The van der Waals surface area contributed by atoms with Crippen molar-refractivity contribution in [3.05, 3.63) is 23.9 Å². The largest absolute Gasteiger partial charge is 0.478 e. The smallest absolute Gasteiger partial charge is 0.337 e. The van der Waals surface area contributed by atoms with Crippen LogP contribution in [0.15, 0.2) is 28.3 Å². The first-order valence-corrected chi connectivity index (χ1v) is 5.11. The lowest BCUT2D eigenvalue weighted by molar-refractivity contribution is 0.0699. The van der Waals surface area contributed by atoms with Crippen LogP contribution in [0, 0.1) is 0 Å². The normalized spacial score (nSPS) is 11.5. The standard InChI is InChI=1S/C10H11N7O2/c11-9(12)16-10(13)15-5-1-4-3-14-17-7(4)6(2-5)8(18)19/h1-3H,(H,14,17)(H,18,19)(H6,11,12,13,15,16). The lowest BCUT2D eigenvalue weighted by atomic mass is 10.1. The van der Waals surface area contributed by atoms with E-state index >= 15 is 0 Å². The highest BCUT2D eigenvalue weighted by Gasteiger charge is 2.12. The third-order valence-electron chi connectivity index (χ3n) is 2.25. The van der Waals surface area contributed by atoms with Gasteiger partial charge in [0.2, 0.25) is 5.96 Å². The fourth-order valence-corrected chi connectivity index (χ4v) is 1.56. The molecular formula is C10H11N7O2. The van der Waals surface area contributed by atoms with Gasteiger partial charge in [-0.05, 0) is 12.1 Å². The minimum Gasteiger partial charge on any atom is -0.478 e. The van der Waals surface area contributed by atoms with Crippen LogP contribution in [0.5, 0.6) is 0 Å². The molecule has 0 radical (unpaired) electrons. The number of H-pyrrole nitrogens is 1. The Hall–Kier alpha value is -3.10. The van der Waals surface area contributed by atoms with Crippen molar-refractivity contribution in [2.24, 2.45) is 27.2 Å². The van der Waals surface area contributed by atoms with E-state index in [2.05, 4.69) is 20.2 Å². The van der Waals surface area contributed by atoms with Crippen molar-refractivity contribution in [2.45, 2.75) is 0 Å². The van der Waals surface area contributed by atoms with Crippen molar-refractivity contribution in [1.82, 2.24) is 10.2 Å². The molecule has 0 atom stereocenters. The number of guanidine groups is 2. The molecule has 0 saturated carbocycles. The summed E-state index contributed by atoms with van der Waals surface area (Å²) in [6.45, 7) is 0. The molecule has 0 aliphatic carbocycles. The van der Waals surface area contributed by atoms with Crippen LogP contribution in [-0.2, 0) is 0 Å². The Bertz CT molecular complexity index is 697. The highest BCUT2D eigenvalue weighted by molar-refractivity contribution is 6.03. The summed E-state index contributed by atoms with van der Waals surface area (Å²) in [5.74, 6) is -1.50. The van der Waals surface area contributed by atoms with E-state index in [1.165, 1.54) is 12.3 Å². The molecule has 2 aromatic rings. The molecule has 0 fully saturated rings. The van der Waals surface area contributed by atoms with Crippen LogP contribution >= 0.6 is 0 Å². The van der Waals surface area contributed by atoms with Gasteiger partial charge < -0.3 is 22.3 Å². The first kappa shape index (κ1) is 12.4. The number of aliphatic imine (C=N–C) groups is 2. The van der Waals surface area contributed by atoms with E-state index in [9.17, 15) is 4.79 Å². The van der Waals surface area contributed by atoms with Crippen LogP contribution < -0.4 is 17.2 Å². The fourth-order valence-electron chi connectivity index (χ4n) is 1.56. The van der Waals surface area contributed by atoms with Crippen molar-refractivity contribution in [3.8, 4) is 0 Å². The number of carbonyl (C=O) groups is 1. The average molecular weight is 261 g/mol. The number of nitrogens with one attached hydrogen (secondary N) is 1. The molecule has 98 valence electrons. The van der Waals surface area contributed by atoms with Crippen molar-refractivity contribution in [3.63, 3.8) is 0 Å². The van der Waals surface area contributed by atoms with Gasteiger partial charge in [-0.25, -0.2) is 9.79 Å². The molecule has 0 bridgehead atoms. The summed E-state index contributed by atoms with van der Waals surface area (Å²) in [6.07, 6.45) is 1.48. The maximum absolute atomic E-state index is 11.1. The molecule has 0 spiro atoms. The van der Waals surface area contributed by atoms with E-state index in [1.54, 1.807) is 6.07 Å². The Morgan fingerprint density at radius 1 is 1.32 bits per heavy atom. The Morgan fingerprint density at radius 3 is 2.68 bits per heavy atom. The highest BCUT2D eigenvalue weighted by atomic mass is 16.4. The topological polar surface area (TPSA) is 169 Å². The number of nitrogens with zero attached hydrogens (tertiary/aromatic N) is 3. The number of benzene rings is 1. The summed E-state index contributed by atoms with van der Waals surface area (Å²) in [4.78, 5) is 18.6. The summed E-state index contributed by atoms with van der Waals surface area (Å²) in [5, 5.41) is 16.1. The molecule has 0 aliphatic rings. The number of aromatic amines is 1. The lowest BCUT2D eigenvalue weighted by Gasteiger charge is -2.00. The van der Waals surface area contributed by atoms with Crippen molar-refractivity contribution in [1.29, 1.82) is 0 Å². The predicted molar refractivity (Wildman–Crippen MR) is 70.1 cm³/mol. The number of carboxylic acid groups (broad SMARTS) is 1. The molecule has 0 amide bonds. The summed E-state index contributed by atoms with van der Waals surface area (Å²) in [6, 6.07) is 2.96. The maximum Gasteiger partial charge on any atom is 0.337 e. The zero-order valence-electron chi connectivity index (χ0n) is 9.66. The molecule has 2 rings (SSSR count). The fraction of sp³-hybridized carbons (Fsp3) is 0. The first-order chi connectivity index (χ1) is 8.97. The number of hydrogen-bond acceptors (Lipinski definition) is 3. The minimum atomic E-state index is -1.10. The van der Waals surface area contributed by atoms with Crippen molar-refractivity contribution in [2.75, 3.05) is 0 Å². The third kappa shape index (κ3) is 2.60. The molecule has 8 N–H and O–H groups in total. The predicted octanol–water partition coefficient (Wildman–Crippen LogP) is -0.519. The summed E-state index contributed by atoms with van der Waals surface area (Å²) >= 11 is 0. The number of carboxylic acids is 1. The monoisotopic (exact) mass is 261 g/mol. The molecule has 1 aromatic heterocycles. The Kier molecular flexibility index (Phi) is 3.02. The summed E-state index contributed by atoms with van der Waals surface area (Å²) < 4.78 is 0. The van der Waals surface area contributed by atoms with Crippen LogP contribution in [-0.4, -0.2) is 33.2 Å². The zero-order chi connectivity index (χ0) is 14.0. The molecule has 0 saturated heterocycles. The van der Waals surface area contributed by atoms with E-state index in [0.717, 1.165) is 0 Å². The minimum absolute atomic E-state index is 0.0336. The zero-order valence-corrected chi connectivity index (χ0v) is 9.66. The van der Waals surface area contributed by atoms with Crippen molar-refractivity contribution < 1.29 is 9.90 Å². The van der Waals surface area contributed by atoms with Crippen LogP contribution in [0.2, 0.25) is 0 Å². The van der Waals surface area contributed by atoms with Gasteiger partial charge in [0.25, 0.3) is 0 Å². The average Bonchev–Trinajstić information content (AvgIpc) is 2.74. The molecule has 9 nitrogen and oxygen atoms in total. The molecule has 9 heteroatoms. The number of nitrogens with two attached hydrogens (primary N) is 3. The van der Waals surface area contributed by atoms with Gasteiger partial charge in [0.15, 0.2) is 5.96 Å². The maximum atomic E-state index is 11.1. The van der Waals surface area contributed by atoms with Crippen molar-refractivity contribution >= 4 is 34.5 Å². The number of aromatic nitrogens is 2. The molecule has 19 heavy (non-hydrogen) atoms. The van der Waals surface area contributed by atoms with Gasteiger partial charge in [0, 0.05) is 5.39 Å². The van der Waals surface area contributed by atoms with Gasteiger partial charge in [-0.2, -0.15) is 10.1 Å². The van der Waals surface area contributed by atoms with Gasteiger partial charge in [0.05, 0.1) is 23.0 Å². The highest BCUT2D eigenvalue weighted by Crippen LogP contribution is 2.24. The summed E-state index contributed by atoms with van der Waals surface area (Å²) in [7, 11) is 0. The second-order valence-corrected chi connectivity index (χ2v) is 3.64. The molecule has 0 aliphatic heterocycles. The summed E-state index contributed by atoms with van der Waals surface area (Å²) in [5.41, 5.74) is 16.6. The number of rotatable bonds is 2. The van der Waals surface area contributed by atoms with E-state index < -0.39 is 5.97 Å². The Labute approximate surface area is 106 Å². The third-order valence-corrected chi connectivity index (χ3v) is 2.25. The Morgan fingerprint density at radius 2 is 2.05 bits per heavy atom. The van der Waals surface area contributed by atoms with E-state index in [1.807, 2.05) is 0 Å². The van der Waals surface area contributed by atoms with Crippen LogP contribution in [0.3, 0.4) is 0 Å². The van der Waals surface area contributed by atoms with E-state index in [4.69, 9.17) is 22.3 Å². The quantitative estimate of drug-likeness (QED) is 0.360. The van der Waals surface area contributed by atoms with Gasteiger partial charge >= 0.3 is 5.97 Å². The second-order valence-electron chi connectivity index (χ2n) is 3.64. The van der Waals surface area contributed by atoms with Gasteiger partial charge in [0.1, 0.15) is 0 Å². The molecular weight excluding hydrogens is 250 g/mol. The number of fused-ring (bicyclic) bond motifs is 1. The number of hydrogen-bond donors (Lipinski definition) is 5.